The van der Waals surface area contributed by atoms with Crippen LogP contribution >= 0.6 is 0 Å². The van der Waals surface area contributed by atoms with Gasteiger partial charge in [-0.15, -0.1) is 0 Å². The van der Waals surface area contributed by atoms with Crippen LogP contribution in [0.25, 0.3) is 93.7 Å². The molecule has 0 N–H and O–H groups in total. The van der Waals surface area contributed by atoms with E-state index < -0.39 is 0 Å². The van der Waals surface area contributed by atoms with Crippen molar-refractivity contribution in [2.75, 3.05) is 0 Å². The van der Waals surface area contributed by atoms with Crippen LogP contribution < -0.4 is 0 Å². The molecule has 3 heterocycles. The summed E-state index contributed by atoms with van der Waals surface area (Å²) in [5.41, 5.74) is 12.1. The molecule has 5 heteroatoms. The fraction of sp³-hybridized carbons (Fsp3) is 0. The van der Waals surface area contributed by atoms with Crippen LogP contribution in [-0.2, 0) is 0 Å². The second-order valence-electron chi connectivity index (χ2n) is 13.0. The van der Waals surface area contributed by atoms with Crippen molar-refractivity contribution in [2.45, 2.75) is 0 Å². The zero-order valence-electron chi connectivity index (χ0n) is 28.0. The van der Waals surface area contributed by atoms with Gasteiger partial charge in [-0.1, -0.05) is 121 Å². The number of aromatic nitrogens is 4. The predicted molar refractivity (Wildman–Crippen MR) is 215 cm³/mol. The Morgan fingerprint density at radius 3 is 1.46 bits per heavy atom. The van der Waals surface area contributed by atoms with Gasteiger partial charge in [-0.25, -0.2) is 14.8 Å². The van der Waals surface area contributed by atoms with Crippen LogP contribution in [0.5, 0.6) is 0 Å². The van der Waals surface area contributed by atoms with E-state index in [0.717, 1.165) is 61.1 Å². The molecule has 0 radical (unpaired) electrons. The lowest BCUT2D eigenvalue weighted by Crippen LogP contribution is -2.04. The molecule has 0 bridgehead atoms. The highest BCUT2D eigenvalue weighted by molar-refractivity contribution is 6.12. The zero-order valence-corrected chi connectivity index (χ0v) is 28.0. The zero-order chi connectivity index (χ0) is 34.6. The highest BCUT2D eigenvalue weighted by atomic mass is 15.2. The maximum Gasteiger partial charge on any atom is 0.235 e. The smallest absolute Gasteiger partial charge is 0.235 e. The number of nitrogens with zero attached hydrogens (tertiary/aromatic N) is 5. The van der Waals surface area contributed by atoms with Gasteiger partial charge in [0.15, 0.2) is 5.69 Å². The first-order valence-electron chi connectivity index (χ1n) is 17.3. The second-order valence-corrected chi connectivity index (χ2v) is 13.0. The lowest BCUT2D eigenvalue weighted by molar-refractivity contribution is 0.996. The van der Waals surface area contributed by atoms with Crippen molar-refractivity contribution in [3.63, 3.8) is 0 Å². The highest BCUT2D eigenvalue weighted by Gasteiger charge is 2.18. The van der Waals surface area contributed by atoms with Crippen molar-refractivity contribution >= 4 is 49.3 Å². The largest absolute Gasteiger partial charge is 0.309 e. The van der Waals surface area contributed by atoms with E-state index in [2.05, 4.69) is 141 Å². The summed E-state index contributed by atoms with van der Waals surface area (Å²) in [5.74, 6) is 0.597. The van der Waals surface area contributed by atoms with Gasteiger partial charge >= 0.3 is 0 Å². The maximum absolute atomic E-state index is 7.41. The van der Waals surface area contributed by atoms with E-state index in [0.29, 0.717) is 11.6 Å². The van der Waals surface area contributed by atoms with E-state index in [1.54, 1.807) is 0 Å². The first-order valence-corrected chi connectivity index (χ1v) is 17.3. The van der Waals surface area contributed by atoms with Crippen molar-refractivity contribution in [3.05, 3.63) is 187 Å². The average molecular weight is 666 g/mol. The molecule has 0 saturated heterocycles. The Labute approximate surface area is 301 Å². The van der Waals surface area contributed by atoms with Crippen LogP contribution in [0.15, 0.2) is 176 Å². The molecule has 10 rings (SSSR count). The molecule has 0 spiro atoms. The minimum Gasteiger partial charge on any atom is -0.309 e. The summed E-state index contributed by atoms with van der Waals surface area (Å²) < 4.78 is 4.52. The van der Waals surface area contributed by atoms with Crippen molar-refractivity contribution in [1.82, 2.24) is 19.1 Å². The van der Waals surface area contributed by atoms with E-state index in [1.165, 1.54) is 21.8 Å². The Morgan fingerprint density at radius 1 is 0.404 bits per heavy atom. The minimum absolute atomic E-state index is 0. The number of fused-ring (bicyclic) bond motifs is 6. The van der Waals surface area contributed by atoms with Crippen LogP contribution in [0.4, 0.5) is 5.69 Å². The normalized spacial score (nSPS) is 11.4. The molecule has 0 fully saturated rings. The SMILES string of the molecule is [C-]#[N+]c1ccc(-c2cc(-c3ccccc3)nc(-n3c4ccccc4c4cc(-c5ccc6c(c5)c5ccccc5n6-c5ccccc5)ccc43)n2)cc1.[HH]. The molecule has 3 aromatic heterocycles. The van der Waals surface area contributed by atoms with E-state index in [4.69, 9.17) is 16.5 Å². The van der Waals surface area contributed by atoms with Gasteiger partial charge in [0.25, 0.3) is 0 Å². The van der Waals surface area contributed by atoms with Crippen LogP contribution in [-0.4, -0.2) is 19.1 Å². The Kier molecular flexibility index (Phi) is 6.80. The predicted octanol–water partition coefficient (Wildman–Crippen LogP) is 12.5. The fourth-order valence-electron chi connectivity index (χ4n) is 7.52. The topological polar surface area (TPSA) is 40.0 Å². The van der Waals surface area contributed by atoms with Gasteiger partial charge in [-0.3, -0.25) is 4.57 Å². The van der Waals surface area contributed by atoms with Crippen LogP contribution in [0, 0.1) is 6.57 Å². The molecule has 0 atom stereocenters. The third kappa shape index (κ3) is 4.78. The van der Waals surface area contributed by atoms with Crippen LogP contribution in [0.3, 0.4) is 0 Å². The molecule has 0 saturated carbocycles. The van der Waals surface area contributed by atoms with Crippen molar-refractivity contribution in [1.29, 1.82) is 0 Å². The molecule has 0 unspecified atom stereocenters. The van der Waals surface area contributed by atoms with Crippen LogP contribution in [0.2, 0.25) is 0 Å². The standard InChI is InChI=1S/C47H29N5.H2/c1-48-35-24-20-32(21-25-35)42-30-41(31-12-4-2-5-13-31)49-47(50-42)52-44-19-11-9-17-38(44)40-29-34(23-27-46(40)52)33-22-26-45-39(28-33)37-16-8-10-18-43(37)51(45)36-14-6-3-7-15-36;/h2-30H;1H. The average Bonchev–Trinajstić information content (AvgIpc) is 3.73. The van der Waals surface area contributed by atoms with Crippen LogP contribution in [0.1, 0.15) is 1.43 Å². The van der Waals surface area contributed by atoms with E-state index in [1.807, 2.05) is 48.5 Å². The van der Waals surface area contributed by atoms with Gasteiger partial charge in [0.05, 0.1) is 40.0 Å². The Morgan fingerprint density at radius 2 is 0.865 bits per heavy atom. The molecule has 52 heavy (non-hydrogen) atoms. The summed E-state index contributed by atoms with van der Waals surface area (Å²) in [4.78, 5) is 13.9. The first kappa shape index (κ1) is 29.6. The quantitative estimate of drug-likeness (QED) is 0.172. The number of para-hydroxylation sites is 3. The summed E-state index contributed by atoms with van der Waals surface area (Å²) >= 11 is 0. The number of rotatable bonds is 5. The van der Waals surface area contributed by atoms with Gasteiger partial charge in [-0.05, 0) is 71.3 Å². The van der Waals surface area contributed by atoms with Gasteiger partial charge in [-0.2, -0.15) is 0 Å². The lowest BCUT2D eigenvalue weighted by atomic mass is 10.0. The molecule has 7 aromatic carbocycles. The highest BCUT2D eigenvalue weighted by Crippen LogP contribution is 2.38. The molecule has 0 aliphatic carbocycles. The second kappa shape index (κ2) is 11.9. The summed E-state index contributed by atoms with van der Waals surface area (Å²) in [6, 6.07) is 61.1. The maximum atomic E-state index is 7.41. The molecule has 0 amide bonds. The van der Waals surface area contributed by atoms with Crippen molar-refractivity contribution in [3.8, 4) is 45.3 Å². The summed E-state index contributed by atoms with van der Waals surface area (Å²) in [6.45, 7) is 7.41. The molecule has 244 valence electrons. The lowest BCUT2D eigenvalue weighted by Gasteiger charge is -2.12. The molecule has 0 aliphatic heterocycles. The van der Waals surface area contributed by atoms with E-state index in [9.17, 15) is 0 Å². The third-order valence-electron chi connectivity index (χ3n) is 9.97. The fourth-order valence-corrected chi connectivity index (χ4v) is 7.52. The Balaban J connectivity index is 0.00000372. The Bertz CT molecular complexity index is 3010. The van der Waals surface area contributed by atoms with Crippen molar-refractivity contribution < 1.29 is 1.43 Å². The van der Waals surface area contributed by atoms with Crippen molar-refractivity contribution in [2.24, 2.45) is 0 Å². The summed E-state index contributed by atoms with van der Waals surface area (Å²) in [5, 5.41) is 4.73. The van der Waals surface area contributed by atoms with Gasteiger partial charge in [0.1, 0.15) is 0 Å². The molecular weight excluding hydrogens is 635 g/mol. The monoisotopic (exact) mass is 665 g/mol. The van der Waals surface area contributed by atoms with Gasteiger partial charge in [0, 0.05) is 34.2 Å². The molecule has 5 nitrogen and oxygen atoms in total. The number of hydrogen-bond donors (Lipinski definition) is 0. The number of benzene rings is 7. The van der Waals surface area contributed by atoms with E-state index >= 15 is 0 Å². The first-order chi connectivity index (χ1) is 25.7. The third-order valence-corrected chi connectivity index (χ3v) is 9.97. The minimum atomic E-state index is 0. The van der Waals surface area contributed by atoms with E-state index in [-0.39, 0.29) is 1.43 Å². The molecule has 0 aliphatic rings. The Hall–Kier alpha value is -7.29. The number of hydrogen-bond acceptors (Lipinski definition) is 2. The molecule has 10 aromatic rings. The van der Waals surface area contributed by atoms with Gasteiger partial charge in [0.2, 0.25) is 5.95 Å². The van der Waals surface area contributed by atoms with Gasteiger partial charge < -0.3 is 4.57 Å². The molecular formula is C47H31N5. The summed E-state index contributed by atoms with van der Waals surface area (Å²) in [7, 11) is 0. The summed E-state index contributed by atoms with van der Waals surface area (Å²) in [6.07, 6.45) is 0.